The molecule has 1 unspecified atom stereocenters. The minimum atomic E-state index is -1.03. The van der Waals surface area contributed by atoms with Crippen molar-refractivity contribution in [2.45, 2.75) is 39.5 Å². The summed E-state index contributed by atoms with van der Waals surface area (Å²) in [4.78, 5) is 25.0. The predicted molar refractivity (Wildman–Crippen MR) is 84.7 cm³/mol. The highest BCUT2D eigenvalue weighted by atomic mass is 35.5. The van der Waals surface area contributed by atoms with Crippen molar-refractivity contribution in [1.82, 2.24) is 0 Å². The van der Waals surface area contributed by atoms with Gasteiger partial charge in [0.15, 0.2) is 0 Å². The number of hydrogen-bond donors (Lipinski definition) is 1. The van der Waals surface area contributed by atoms with Crippen LogP contribution in [-0.4, -0.2) is 23.5 Å². The fraction of sp³-hybridized carbons (Fsp3) is 0.500. The van der Waals surface area contributed by atoms with Gasteiger partial charge in [-0.15, -0.1) is 0 Å². The largest absolute Gasteiger partial charge is 0.480 e. The van der Waals surface area contributed by atoms with Crippen LogP contribution in [-0.2, 0) is 9.59 Å². The van der Waals surface area contributed by atoms with Gasteiger partial charge in [-0.1, -0.05) is 44.4 Å². The van der Waals surface area contributed by atoms with Crippen LogP contribution in [0.15, 0.2) is 24.3 Å². The molecule has 0 aliphatic heterocycles. The molecule has 5 heteroatoms. The molecule has 1 amide bonds. The number of benzene rings is 1. The number of anilines is 1. The first kappa shape index (κ1) is 17.5. The van der Waals surface area contributed by atoms with E-state index in [9.17, 15) is 9.59 Å². The highest BCUT2D eigenvalue weighted by Gasteiger charge is 2.25. The summed E-state index contributed by atoms with van der Waals surface area (Å²) >= 11 is 5.94. The van der Waals surface area contributed by atoms with Gasteiger partial charge in [-0.05, 0) is 31.0 Å². The van der Waals surface area contributed by atoms with Gasteiger partial charge in [0, 0.05) is 16.6 Å². The van der Waals surface area contributed by atoms with Gasteiger partial charge in [-0.25, -0.2) is 0 Å². The number of carboxylic acids is 1. The summed E-state index contributed by atoms with van der Waals surface area (Å²) in [6.07, 6.45) is 3.46. The first-order valence-electron chi connectivity index (χ1n) is 7.28. The molecule has 0 aromatic heterocycles. The highest BCUT2D eigenvalue weighted by molar-refractivity contribution is 6.30. The summed E-state index contributed by atoms with van der Waals surface area (Å²) in [5, 5.41) is 9.55. The molecule has 0 aliphatic rings. The molecule has 0 saturated heterocycles. The molecule has 1 aromatic carbocycles. The number of rotatable bonds is 8. The van der Waals surface area contributed by atoms with E-state index >= 15 is 0 Å². The molecule has 0 spiro atoms. The smallest absolute Gasteiger partial charge is 0.323 e. The third-order valence-corrected chi connectivity index (χ3v) is 3.66. The molecule has 0 saturated carbocycles. The highest BCUT2D eigenvalue weighted by Crippen LogP contribution is 2.24. The fourth-order valence-electron chi connectivity index (χ4n) is 2.25. The molecule has 0 heterocycles. The number of carbonyl (C=O) groups is 2. The van der Waals surface area contributed by atoms with E-state index in [0.717, 1.165) is 19.3 Å². The van der Waals surface area contributed by atoms with Crippen LogP contribution in [0.25, 0.3) is 0 Å². The molecule has 1 atom stereocenters. The molecule has 1 rings (SSSR count). The van der Waals surface area contributed by atoms with E-state index < -0.39 is 5.97 Å². The summed E-state index contributed by atoms with van der Waals surface area (Å²) in [5.41, 5.74) is 0.532. The Balaban J connectivity index is 3.00. The normalized spacial score (nSPS) is 12.0. The molecular weight excluding hydrogens is 290 g/mol. The number of nitrogens with zero attached hydrogens (tertiary/aromatic N) is 1. The lowest BCUT2D eigenvalue weighted by Crippen LogP contribution is -2.39. The van der Waals surface area contributed by atoms with Crippen LogP contribution < -0.4 is 4.90 Å². The Morgan fingerprint density at radius 3 is 2.57 bits per heavy atom. The fourth-order valence-corrected chi connectivity index (χ4v) is 2.43. The maximum atomic E-state index is 12.6. The Hall–Kier alpha value is -1.55. The van der Waals surface area contributed by atoms with E-state index in [0.29, 0.717) is 17.1 Å². The first-order valence-corrected chi connectivity index (χ1v) is 7.66. The maximum absolute atomic E-state index is 12.6. The number of unbranched alkanes of at least 4 members (excludes halogenated alkanes) is 1. The summed E-state index contributed by atoms with van der Waals surface area (Å²) < 4.78 is 0. The van der Waals surface area contributed by atoms with Gasteiger partial charge >= 0.3 is 5.97 Å². The molecule has 0 bridgehead atoms. The van der Waals surface area contributed by atoms with Gasteiger partial charge in [0.05, 0.1) is 0 Å². The van der Waals surface area contributed by atoms with Gasteiger partial charge in [0.2, 0.25) is 5.91 Å². The third kappa shape index (κ3) is 5.38. The summed E-state index contributed by atoms with van der Waals surface area (Å²) in [6, 6.07) is 6.74. The summed E-state index contributed by atoms with van der Waals surface area (Å²) in [7, 11) is 0. The summed E-state index contributed by atoms with van der Waals surface area (Å²) in [5.74, 6) is -1.33. The minimum Gasteiger partial charge on any atom is -0.480 e. The number of hydrogen-bond acceptors (Lipinski definition) is 2. The molecule has 0 aliphatic carbocycles. The van der Waals surface area contributed by atoms with Crippen LogP contribution in [0, 0.1) is 5.92 Å². The van der Waals surface area contributed by atoms with Gasteiger partial charge in [-0.2, -0.15) is 0 Å². The Kier molecular flexibility index (Phi) is 7.23. The lowest BCUT2D eigenvalue weighted by molar-refractivity contribution is -0.137. The molecule has 0 radical (unpaired) electrons. The quantitative estimate of drug-likeness (QED) is 0.790. The van der Waals surface area contributed by atoms with Crippen molar-refractivity contribution in [1.29, 1.82) is 0 Å². The lowest BCUT2D eigenvalue weighted by Gasteiger charge is -2.25. The van der Waals surface area contributed by atoms with Crippen molar-refractivity contribution in [3.63, 3.8) is 0 Å². The van der Waals surface area contributed by atoms with Crippen LogP contribution >= 0.6 is 11.6 Å². The summed E-state index contributed by atoms with van der Waals surface area (Å²) in [6.45, 7) is 3.68. The van der Waals surface area contributed by atoms with E-state index in [1.807, 2.05) is 6.92 Å². The van der Waals surface area contributed by atoms with Crippen LogP contribution in [0.3, 0.4) is 0 Å². The van der Waals surface area contributed by atoms with Gasteiger partial charge in [-0.3, -0.25) is 9.59 Å². The SMILES string of the molecule is CCCCC(CC)C(=O)N(CC(=O)O)c1cccc(Cl)c1. The van der Waals surface area contributed by atoms with E-state index in [1.165, 1.54) is 4.90 Å². The Morgan fingerprint density at radius 1 is 1.33 bits per heavy atom. The second kappa shape index (κ2) is 8.67. The van der Waals surface area contributed by atoms with Crippen LogP contribution in [0.1, 0.15) is 39.5 Å². The second-order valence-corrected chi connectivity index (χ2v) is 5.48. The standard InChI is InChI=1S/C16H22ClNO3/c1-3-5-7-12(4-2)16(21)18(11-15(19)20)14-9-6-8-13(17)10-14/h6,8-10,12H,3-5,7,11H2,1-2H3,(H,19,20). The zero-order valence-electron chi connectivity index (χ0n) is 12.5. The Bertz CT molecular complexity index is 490. The molecule has 21 heavy (non-hydrogen) atoms. The second-order valence-electron chi connectivity index (χ2n) is 5.05. The van der Waals surface area contributed by atoms with Crippen molar-refractivity contribution in [2.75, 3.05) is 11.4 Å². The van der Waals surface area contributed by atoms with E-state index in [4.69, 9.17) is 16.7 Å². The van der Waals surface area contributed by atoms with E-state index in [1.54, 1.807) is 24.3 Å². The number of carbonyl (C=O) groups excluding carboxylic acids is 1. The first-order chi connectivity index (χ1) is 9.99. The van der Waals surface area contributed by atoms with Crippen LogP contribution in [0.2, 0.25) is 5.02 Å². The number of aliphatic carboxylic acids is 1. The molecule has 1 N–H and O–H groups in total. The van der Waals surface area contributed by atoms with Crippen molar-refractivity contribution >= 4 is 29.2 Å². The zero-order chi connectivity index (χ0) is 15.8. The molecule has 0 fully saturated rings. The molecule has 4 nitrogen and oxygen atoms in total. The lowest BCUT2D eigenvalue weighted by atomic mass is 9.97. The topological polar surface area (TPSA) is 57.6 Å². The van der Waals surface area contributed by atoms with Crippen LogP contribution in [0.5, 0.6) is 0 Å². The molecule has 116 valence electrons. The average molecular weight is 312 g/mol. The molecular formula is C16H22ClNO3. The Labute approximate surface area is 130 Å². The monoisotopic (exact) mass is 311 g/mol. The predicted octanol–water partition coefficient (Wildman–Crippen LogP) is 3.97. The van der Waals surface area contributed by atoms with Gasteiger partial charge in [0.1, 0.15) is 6.54 Å². The zero-order valence-corrected chi connectivity index (χ0v) is 13.3. The van der Waals surface area contributed by atoms with Crippen LogP contribution in [0.4, 0.5) is 5.69 Å². The van der Waals surface area contributed by atoms with Crippen molar-refractivity contribution in [2.24, 2.45) is 5.92 Å². The molecule has 1 aromatic rings. The number of halogens is 1. The Morgan fingerprint density at radius 2 is 2.05 bits per heavy atom. The third-order valence-electron chi connectivity index (χ3n) is 3.43. The van der Waals surface area contributed by atoms with Crippen molar-refractivity contribution in [3.8, 4) is 0 Å². The average Bonchev–Trinajstić information content (AvgIpc) is 2.45. The van der Waals surface area contributed by atoms with Gasteiger partial charge in [0.25, 0.3) is 0 Å². The van der Waals surface area contributed by atoms with Gasteiger partial charge < -0.3 is 10.0 Å². The number of carboxylic acid groups (broad SMARTS) is 1. The number of amides is 1. The minimum absolute atomic E-state index is 0.143. The van der Waals surface area contributed by atoms with E-state index in [2.05, 4.69) is 6.92 Å². The van der Waals surface area contributed by atoms with Crippen molar-refractivity contribution < 1.29 is 14.7 Å². The van der Waals surface area contributed by atoms with Crippen molar-refractivity contribution in [3.05, 3.63) is 29.3 Å². The van der Waals surface area contributed by atoms with E-state index in [-0.39, 0.29) is 18.4 Å². The maximum Gasteiger partial charge on any atom is 0.323 e.